The maximum absolute atomic E-state index is 6.07. The van der Waals surface area contributed by atoms with Crippen LogP contribution < -0.4 is 5.73 Å². The Hall–Kier alpha value is -0.470. The van der Waals surface area contributed by atoms with E-state index in [1.807, 2.05) is 11.8 Å². The zero-order valence-corrected chi connectivity index (χ0v) is 11.2. The summed E-state index contributed by atoms with van der Waals surface area (Å²) >= 11 is 2.02. The van der Waals surface area contributed by atoms with Crippen molar-refractivity contribution >= 4 is 11.8 Å². The van der Waals surface area contributed by atoms with Crippen molar-refractivity contribution in [3.8, 4) is 0 Å². The molecule has 0 unspecified atom stereocenters. The largest absolute Gasteiger partial charge is 0.330 e. The number of hydrogen-bond acceptors (Lipinski definition) is 2. The van der Waals surface area contributed by atoms with E-state index in [4.69, 9.17) is 5.73 Å². The van der Waals surface area contributed by atoms with Gasteiger partial charge in [-0.05, 0) is 48.6 Å². The summed E-state index contributed by atoms with van der Waals surface area (Å²) in [6.07, 6.45) is 7.87. The third-order valence-electron chi connectivity index (χ3n) is 4.47. The minimum absolute atomic E-state index is 0.303. The van der Waals surface area contributed by atoms with Crippen LogP contribution in [0.15, 0.2) is 23.1 Å². The number of aryl methyl sites for hydroxylation is 1. The van der Waals surface area contributed by atoms with Gasteiger partial charge in [-0.25, -0.2) is 0 Å². The lowest BCUT2D eigenvalue weighted by atomic mass is 9.78. The first-order valence-corrected chi connectivity index (χ1v) is 7.79. The lowest BCUT2D eigenvalue weighted by molar-refractivity contribution is 0.452. The molecule has 0 atom stereocenters. The lowest BCUT2D eigenvalue weighted by Crippen LogP contribution is -2.32. The minimum Gasteiger partial charge on any atom is -0.330 e. The highest BCUT2D eigenvalue weighted by molar-refractivity contribution is 7.99. The van der Waals surface area contributed by atoms with Crippen molar-refractivity contribution in [2.75, 3.05) is 12.3 Å². The van der Waals surface area contributed by atoms with E-state index in [2.05, 4.69) is 18.2 Å². The van der Waals surface area contributed by atoms with Crippen molar-refractivity contribution in [2.45, 2.75) is 48.8 Å². The van der Waals surface area contributed by atoms with Gasteiger partial charge < -0.3 is 5.73 Å². The zero-order valence-electron chi connectivity index (χ0n) is 10.4. The molecule has 1 saturated carbocycles. The molecule has 0 amide bonds. The van der Waals surface area contributed by atoms with Crippen molar-refractivity contribution in [3.63, 3.8) is 0 Å². The fourth-order valence-corrected chi connectivity index (χ4v) is 4.37. The van der Waals surface area contributed by atoms with Gasteiger partial charge in [-0.15, -0.1) is 11.8 Å². The summed E-state index contributed by atoms with van der Waals surface area (Å²) in [6.45, 7) is 0.818. The van der Waals surface area contributed by atoms with E-state index in [0.29, 0.717) is 5.41 Å². The van der Waals surface area contributed by atoms with E-state index in [0.717, 1.165) is 6.54 Å². The molecule has 1 nitrogen and oxygen atoms in total. The molecule has 0 saturated heterocycles. The minimum atomic E-state index is 0.303. The van der Waals surface area contributed by atoms with Gasteiger partial charge in [0.25, 0.3) is 0 Å². The molecule has 92 valence electrons. The number of fused-ring (bicyclic) bond motifs is 1. The molecule has 0 radical (unpaired) electrons. The Bertz CT molecular complexity index is 407. The van der Waals surface area contributed by atoms with Crippen LogP contribution in [0, 0.1) is 0 Å². The fourth-order valence-electron chi connectivity index (χ4n) is 3.35. The van der Waals surface area contributed by atoms with Gasteiger partial charge in [0.05, 0.1) is 0 Å². The maximum Gasteiger partial charge on any atom is 0.0104 e. The van der Waals surface area contributed by atoms with Crippen molar-refractivity contribution in [1.29, 1.82) is 0 Å². The fraction of sp³-hybridized carbons (Fsp3) is 0.600. The van der Waals surface area contributed by atoms with Gasteiger partial charge in [0.2, 0.25) is 0 Å². The van der Waals surface area contributed by atoms with Crippen molar-refractivity contribution in [1.82, 2.24) is 0 Å². The van der Waals surface area contributed by atoms with Crippen molar-refractivity contribution in [2.24, 2.45) is 5.73 Å². The highest BCUT2D eigenvalue weighted by Crippen LogP contribution is 2.42. The van der Waals surface area contributed by atoms with Crippen LogP contribution in [0.25, 0.3) is 0 Å². The van der Waals surface area contributed by atoms with Crippen LogP contribution in [0.2, 0.25) is 0 Å². The number of benzene rings is 1. The molecule has 17 heavy (non-hydrogen) atoms. The van der Waals surface area contributed by atoms with Crippen LogP contribution in [0.3, 0.4) is 0 Å². The Morgan fingerprint density at radius 3 is 2.76 bits per heavy atom. The van der Waals surface area contributed by atoms with Crippen molar-refractivity contribution < 1.29 is 0 Å². The molecule has 0 bridgehead atoms. The monoisotopic (exact) mass is 247 g/mol. The number of rotatable bonds is 2. The molecule has 1 heterocycles. The average molecular weight is 247 g/mol. The Morgan fingerprint density at radius 2 is 2.00 bits per heavy atom. The molecule has 1 aromatic rings. The highest BCUT2D eigenvalue weighted by Gasteiger charge is 2.34. The second-order valence-corrected chi connectivity index (χ2v) is 6.60. The molecule has 3 rings (SSSR count). The molecule has 2 aliphatic rings. The number of thioether (sulfide) groups is 1. The first-order chi connectivity index (χ1) is 8.34. The summed E-state index contributed by atoms with van der Waals surface area (Å²) in [5, 5.41) is 0. The summed E-state index contributed by atoms with van der Waals surface area (Å²) < 4.78 is 0. The SMILES string of the molecule is NCC1(c2ccc3c(c2)CCCS3)CCCC1. The van der Waals surface area contributed by atoms with Gasteiger partial charge >= 0.3 is 0 Å². The van der Waals surface area contributed by atoms with Gasteiger partial charge in [-0.2, -0.15) is 0 Å². The van der Waals surface area contributed by atoms with E-state index < -0.39 is 0 Å². The third-order valence-corrected chi connectivity index (χ3v) is 5.67. The molecule has 1 aliphatic heterocycles. The molecule has 0 spiro atoms. The number of nitrogens with two attached hydrogens (primary N) is 1. The molecule has 2 N–H and O–H groups in total. The molecule has 2 heteroatoms. The van der Waals surface area contributed by atoms with Gasteiger partial charge in [0, 0.05) is 16.9 Å². The van der Waals surface area contributed by atoms with Gasteiger partial charge in [0.15, 0.2) is 0 Å². The average Bonchev–Trinajstić information content (AvgIpc) is 2.88. The van der Waals surface area contributed by atoms with Crippen LogP contribution >= 0.6 is 11.8 Å². The smallest absolute Gasteiger partial charge is 0.0104 e. The Balaban J connectivity index is 1.97. The van der Waals surface area contributed by atoms with E-state index in [1.165, 1.54) is 54.7 Å². The summed E-state index contributed by atoms with van der Waals surface area (Å²) in [7, 11) is 0. The topological polar surface area (TPSA) is 26.0 Å². The van der Waals surface area contributed by atoms with Crippen LogP contribution in [-0.4, -0.2) is 12.3 Å². The second kappa shape index (κ2) is 4.66. The quantitative estimate of drug-likeness (QED) is 0.865. The van der Waals surface area contributed by atoms with Crippen molar-refractivity contribution in [3.05, 3.63) is 29.3 Å². The molecule has 1 aliphatic carbocycles. The van der Waals surface area contributed by atoms with Gasteiger partial charge in [0.1, 0.15) is 0 Å². The van der Waals surface area contributed by atoms with Gasteiger partial charge in [-0.3, -0.25) is 0 Å². The van der Waals surface area contributed by atoms with E-state index in [-0.39, 0.29) is 0 Å². The molecule has 1 aromatic carbocycles. The van der Waals surface area contributed by atoms with Gasteiger partial charge in [-0.1, -0.05) is 25.0 Å². The Morgan fingerprint density at radius 1 is 1.18 bits per heavy atom. The predicted octanol–water partition coefficient (Wildman–Crippen LogP) is 3.50. The third kappa shape index (κ3) is 2.02. The normalized spacial score (nSPS) is 22.4. The Labute approximate surface area is 108 Å². The molecule has 1 fully saturated rings. The first kappa shape index (κ1) is 11.6. The van der Waals surface area contributed by atoms with Crippen LogP contribution in [-0.2, 0) is 11.8 Å². The molecular formula is C15H21NS. The summed E-state index contributed by atoms with van der Waals surface area (Å²) in [5.74, 6) is 1.29. The van der Waals surface area contributed by atoms with Crippen LogP contribution in [0.5, 0.6) is 0 Å². The van der Waals surface area contributed by atoms with Crippen LogP contribution in [0.1, 0.15) is 43.2 Å². The second-order valence-electron chi connectivity index (χ2n) is 5.47. The molecular weight excluding hydrogens is 226 g/mol. The predicted molar refractivity (Wildman–Crippen MR) is 74.7 cm³/mol. The number of hydrogen-bond donors (Lipinski definition) is 1. The van der Waals surface area contributed by atoms with E-state index in [9.17, 15) is 0 Å². The summed E-state index contributed by atoms with van der Waals surface area (Å²) in [5.41, 5.74) is 9.46. The van der Waals surface area contributed by atoms with E-state index >= 15 is 0 Å². The maximum atomic E-state index is 6.07. The van der Waals surface area contributed by atoms with E-state index in [1.54, 1.807) is 5.56 Å². The van der Waals surface area contributed by atoms with Crippen LogP contribution in [0.4, 0.5) is 0 Å². The summed E-state index contributed by atoms with van der Waals surface area (Å²) in [6, 6.07) is 7.14. The highest BCUT2D eigenvalue weighted by atomic mass is 32.2. The lowest BCUT2D eigenvalue weighted by Gasteiger charge is -2.29. The molecule has 0 aromatic heterocycles. The Kier molecular flexibility index (Phi) is 3.18. The standard InChI is InChI=1S/C15H21NS/c16-11-15(7-1-2-8-15)13-5-6-14-12(10-13)4-3-9-17-14/h5-6,10H,1-4,7-9,11,16H2. The first-order valence-electron chi connectivity index (χ1n) is 6.80. The summed E-state index contributed by atoms with van der Waals surface area (Å²) in [4.78, 5) is 1.50. The zero-order chi connectivity index (χ0) is 11.7.